The van der Waals surface area contributed by atoms with Gasteiger partial charge >= 0.3 is 5.97 Å². The van der Waals surface area contributed by atoms with E-state index in [9.17, 15) is 13.2 Å². The fourth-order valence-electron chi connectivity index (χ4n) is 1.81. The Hall–Kier alpha value is -1.97. The van der Waals surface area contributed by atoms with E-state index in [1.807, 2.05) is 25.3 Å². The second-order valence-corrected chi connectivity index (χ2v) is 7.37. The SMILES string of the molecule is C=CS/C=C\C.CCCCNc1cc(C(=O)O)cc(S(N)(=O)=O)c1OC. The van der Waals surface area contributed by atoms with Gasteiger partial charge in [0.25, 0.3) is 0 Å². The first-order chi connectivity index (χ1) is 12.2. The molecule has 26 heavy (non-hydrogen) atoms. The number of hydrogen-bond acceptors (Lipinski definition) is 6. The Morgan fingerprint density at radius 3 is 2.50 bits per heavy atom. The summed E-state index contributed by atoms with van der Waals surface area (Å²) in [6.07, 6.45) is 3.77. The zero-order valence-corrected chi connectivity index (χ0v) is 16.8. The smallest absolute Gasteiger partial charge is 0.335 e. The standard InChI is InChI=1S/C12H18N2O5S.C5H8S/c1-3-4-5-14-9-6-8(12(15)16)7-10(11(9)19-2)20(13,17)18;1-3-5-6-4-2/h6-7,14H,3-5H2,1-2H3,(H,15,16)(H2,13,17,18);3-5H,2H2,1H3/b;5-3-. The Morgan fingerprint density at radius 2 is 2.12 bits per heavy atom. The van der Waals surface area contributed by atoms with Gasteiger partial charge in [-0.15, -0.1) is 11.8 Å². The van der Waals surface area contributed by atoms with Crippen LogP contribution < -0.4 is 15.2 Å². The van der Waals surface area contributed by atoms with Crippen molar-refractivity contribution in [2.24, 2.45) is 5.14 Å². The van der Waals surface area contributed by atoms with Crippen LogP contribution in [0.15, 0.2) is 40.5 Å². The zero-order chi connectivity index (χ0) is 20.2. The van der Waals surface area contributed by atoms with E-state index in [4.69, 9.17) is 15.0 Å². The van der Waals surface area contributed by atoms with Crippen LogP contribution in [0.5, 0.6) is 5.75 Å². The molecule has 0 atom stereocenters. The lowest BCUT2D eigenvalue weighted by Gasteiger charge is -2.15. The maximum atomic E-state index is 11.5. The first-order valence-electron chi connectivity index (χ1n) is 7.82. The summed E-state index contributed by atoms with van der Waals surface area (Å²) in [7, 11) is -2.78. The van der Waals surface area contributed by atoms with Crippen LogP contribution >= 0.6 is 11.8 Å². The summed E-state index contributed by atoms with van der Waals surface area (Å²) in [6.45, 7) is 8.06. The van der Waals surface area contributed by atoms with Gasteiger partial charge in [-0.1, -0.05) is 26.0 Å². The molecule has 1 aromatic carbocycles. The first-order valence-corrected chi connectivity index (χ1v) is 10.3. The van der Waals surface area contributed by atoms with Crippen molar-refractivity contribution >= 4 is 33.4 Å². The Bertz CT molecular complexity index is 731. The van der Waals surface area contributed by atoms with Crippen molar-refractivity contribution in [3.63, 3.8) is 0 Å². The average Bonchev–Trinajstić information content (AvgIpc) is 2.59. The Morgan fingerprint density at radius 1 is 1.46 bits per heavy atom. The number of sulfonamides is 1. The third-order valence-electron chi connectivity index (χ3n) is 2.97. The summed E-state index contributed by atoms with van der Waals surface area (Å²) < 4.78 is 28.1. The van der Waals surface area contributed by atoms with Gasteiger partial charge in [0, 0.05) is 6.54 Å². The van der Waals surface area contributed by atoms with Gasteiger partial charge in [0.05, 0.1) is 18.4 Å². The maximum Gasteiger partial charge on any atom is 0.335 e. The summed E-state index contributed by atoms with van der Waals surface area (Å²) in [5.74, 6) is -1.22. The van der Waals surface area contributed by atoms with Crippen LogP contribution in [0.4, 0.5) is 5.69 Å². The number of thioether (sulfide) groups is 1. The van der Waals surface area contributed by atoms with Crippen molar-refractivity contribution in [3.05, 3.63) is 41.2 Å². The number of allylic oxidation sites excluding steroid dienone is 1. The van der Waals surface area contributed by atoms with E-state index in [1.54, 1.807) is 17.2 Å². The predicted molar refractivity (Wildman–Crippen MR) is 107 cm³/mol. The van der Waals surface area contributed by atoms with Crippen molar-refractivity contribution in [2.45, 2.75) is 31.6 Å². The Kier molecular flexibility index (Phi) is 11.5. The normalized spacial score (nSPS) is 10.8. The molecule has 0 saturated heterocycles. The number of anilines is 1. The molecule has 0 heterocycles. The van der Waals surface area contributed by atoms with Gasteiger partial charge in [0.2, 0.25) is 10.0 Å². The highest BCUT2D eigenvalue weighted by atomic mass is 32.2. The number of ether oxygens (including phenoxy) is 1. The number of primary sulfonamides is 1. The van der Waals surface area contributed by atoms with Crippen LogP contribution in [0.1, 0.15) is 37.0 Å². The summed E-state index contributed by atoms with van der Waals surface area (Å²) in [4.78, 5) is 10.7. The van der Waals surface area contributed by atoms with Crippen LogP contribution in [0.2, 0.25) is 0 Å². The van der Waals surface area contributed by atoms with Crippen molar-refractivity contribution in [1.82, 2.24) is 0 Å². The number of carbonyl (C=O) groups is 1. The molecule has 0 radical (unpaired) electrons. The second-order valence-electron chi connectivity index (χ2n) is 4.96. The molecule has 0 spiro atoms. The quantitative estimate of drug-likeness (QED) is 0.539. The summed E-state index contributed by atoms with van der Waals surface area (Å²) in [6, 6.07) is 2.31. The molecular formula is C17H26N2O5S2. The van der Waals surface area contributed by atoms with Crippen LogP contribution in [-0.4, -0.2) is 33.1 Å². The lowest BCUT2D eigenvalue weighted by Crippen LogP contribution is -2.16. The third kappa shape index (κ3) is 8.41. The fourth-order valence-corrected chi connectivity index (χ4v) is 2.82. The number of methoxy groups -OCH3 is 1. The summed E-state index contributed by atoms with van der Waals surface area (Å²) >= 11 is 1.59. The van der Waals surface area contributed by atoms with Crippen molar-refractivity contribution in [2.75, 3.05) is 19.0 Å². The molecule has 4 N–H and O–H groups in total. The maximum absolute atomic E-state index is 11.5. The predicted octanol–water partition coefficient (Wildman–Crippen LogP) is 3.65. The molecule has 0 fully saturated rings. The molecule has 0 aliphatic rings. The molecule has 9 heteroatoms. The third-order valence-corrected chi connectivity index (χ3v) is 4.51. The summed E-state index contributed by atoms with van der Waals surface area (Å²) in [5, 5.41) is 20.9. The highest BCUT2D eigenvalue weighted by molar-refractivity contribution is 8.04. The largest absolute Gasteiger partial charge is 0.493 e. The number of aromatic carboxylic acids is 1. The van der Waals surface area contributed by atoms with E-state index in [0.717, 1.165) is 18.9 Å². The molecular weight excluding hydrogens is 376 g/mol. The van der Waals surface area contributed by atoms with Gasteiger partial charge in [-0.25, -0.2) is 18.4 Å². The van der Waals surface area contributed by atoms with Gasteiger partial charge in [-0.05, 0) is 36.3 Å². The molecule has 0 bridgehead atoms. The molecule has 7 nitrogen and oxygen atoms in total. The number of benzene rings is 1. The Labute approximate surface area is 159 Å². The molecule has 0 aromatic heterocycles. The molecule has 0 aliphatic carbocycles. The highest BCUT2D eigenvalue weighted by Crippen LogP contribution is 2.33. The molecule has 146 valence electrons. The van der Waals surface area contributed by atoms with Gasteiger partial charge < -0.3 is 15.2 Å². The van der Waals surface area contributed by atoms with Crippen molar-refractivity contribution < 1.29 is 23.1 Å². The minimum Gasteiger partial charge on any atom is -0.493 e. The van der Waals surface area contributed by atoms with Crippen LogP contribution in [-0.2, 0) is 10.0 Å². The van der Waals surface area contributed by atoms with Crippen LogP contribution in [0.25, 0.3) is 0 Å². The van der Waals surface area contributed by atoms with E-state index in [2.05, 4.69) is 11.9 Å². The molecule has 0 amide bonds. The van der Waals surface area contributed by atoms with Crippen LogP contribution in [0.3, 0.4) is 0 Å². The molecule has 0 aliphatic heterocycles. The van der Waals surface area contributed by atoms with Gasteiger partial charge in [0.15, 0.2) is 5.75 Å². The van der Waals surface area contributed by atoms with Gasteiger partial charge in [-0.2, -0.15) is 0 Å². The number of unbranched alkanes of at least 4 members (excludes halogenated alkanes) is 1. The molecule has 0 saturated carbocycles. The lowest BCUT2D eigenvalue weighted by molar-refractivity contribution is 0.0696. The molecule has 1 aromatic rings. The Balaban J connectivity index is 0.000000896. The van der Waals surface area contributed by atoms with E-state index in [-0.39, 0.29) is 16.2 Å². The van der Waals surface area contributed by atoms with Gasteiger partial charge in [0.1, 0.15) is 4.90 Å². The number of nitrogens with two attached hydrogens (primary N) is 1. The molecule has 1 rings (SSSR count). The topological polar surface area (TPSA) is 119 Å². The van der Waals surface area contributed by atoms with E-state index in [1.165, 1.54) is 13.2 Å². The van der Waals surface area contributed by atoms with Crippen molar-refractivity contribution in [3.8, 4) is 5.75 Å². The highest BCUT2D eigenvalue weighted by Gasteiger charge is 2.22. The molecule has 0 unspecified atom stereocenters. The first kappa shape index (κ1) is 24.0. The van der Waals surface area contributed by atoms with Crippen molar-refractivity contribution in [1.29, 1.82) is 0 Å². The number of nitrogens with one attached hydrogen (secondary N) is 1. The van der Waals surface area contributed by atoms with Gasteiger partial charge in [-0.3, -0.25) is 0 Å². The van der Waals surface area contributed by atoms with E-state index < -0.39 is 16.0 Å². The minimum atomic E-state index is -4.08. The monoisotopic (exact) mass is 402 g/mol. The van der Waals surface area contributed by atoms with E-state index >= 15 is 0 Å². The number of rotatable bonds is 9. The number of hydrogen-bond donors (Lipinski definition) is 3. The zero-order valence-electron chi connectivity index (χ0n) is 15.2. The number of carboxylic acids is 1. The minimum absolute atomic E-state index is 0.0219. The summed E-state index contributed by atoms with van der Waals surface area (Å²) in [5.41, 5.74) is 0.124. The lowest BCUT2D eigenvalue weighted by atomic mass is 10.1. The fraction of sp³-hybridized carbons (Fsp3) is 0.353. The van der Waals surface area contributed by atoms with E-state index in [0.29, 0.717) is 12.2 Å². The second kappa shape index (κ2) is 12.4. The van der Waals surface area contributed by atoms with Crippen LogP contribution in [0, 0.1) is 0 Å². The number of carboxylic acid groups (broad SMARTS) is 1. The average molecular weight is 403 g/mol.